The van der Waals surface area contributed by atoms with E-state index >= 15 is 0 Å². The highest BCUT2D eigenvalue weighted by molar-refractivity contribution is 6.03. The summed E-state index contributed by atoms with van der Waals surface area (Å²) in [6, 6.07) is 9.53. The zero-order valence-electron chi connectivity index (χ0n) is 10.8. The minimum absolute atomic E-state index is 0.242. The maximum atomic E-state index is 12.0. The first-order valence-electron chi connectivity index (χ1n) is 6.29. The van der Waals surface area contributed by atoms with E-state index in [1.54, 1.807) is 12.4 Å². The first-order chi connectivity index (χ1) is 9.26. The van der Waals surface area contributed by atoms with Crippen molar-refractivity contribution in [3.05, 3.63) is 36.7 Å². The van der Waals surface area contributed by atoms with Gasteiger partial charge in [0.25, 0.3) is 0 Å². The van der Waals surface area contributed by atoms with Crippen LogP contribution in [-0.2, 0) is 4.79 Å². The van der Waals surface area contributed by atoms with Crippen molar-refractivity contribution in [1.29, 1.82) is 5.26 Å². The smallest absolute Gasteiger partial charge is 0.241 e. The van der Waals surface area contributed by atoms with E-state index in [0.29, 0.717) is 6.42 Å². The third-order valence-corrected chi connectivity index (χ3v) is 2.99. The van der Waals surface area contributed by atoms with Crippen molar-refractivity contribution in [3.8, 4) is 6.07 Å². The molecule has 2 aromatic rings. The van der Waals surface area contributed by atoms with Gasteiger partial charge in [0.15, 0.2) is 0 Å². The van der Waals surface area contributed by atoms with Crippen LogP contribution < -0.4 is 5.32 Å². The molecular formula is C15H15N3O. The number of aromatic nitrogens is 1. The number of hydrogen-bond donors (Lipinski definition) is 1. The second-order valence-corrected chi connectivity index (χ2v) is 4.36. The van der Waals surface area contributed by atoms with Gasteiger partial charge in [0.2, 0.25) is 5.91 Å². The summed E-state index contributed by atoms with van der Waals surface area (Å²) < 4.78 is 0. The topological polar surface area (TPSA) is 65.8 Å². The van der Waals surface area contributed by atoms with Crippen molar-refractivity contribution in [1.82, 2.24) is 4.98 Å². The number of nitrogens with zero attached hydrogens (tertiary/aromatic N) is 2. The molecule has 4 nitrogen and oxygen atoms in total. The lowest BCUT2D eigenvalue weighted by atomic mass is 10.0. The number of nitriles is 1. The molecule has 1 heterocycles. The summed E-state index contributed by atoms with van der Waals surface area (Å²) in [6.45, 7) is 1.96. The van der Waals surface area contributed by atoms with Crippen LogP contribution in [-0.4, -0.2) is 10.9 Å². The molecule has 2 rings (SSSR count). The Hall–Kier alpha value is -2.41. The number of rotatable bonds is 4. The number of amides is 1. The van der Waals surface area contributed by atoms with Crippen LogP contribution in [0.1, 0.15) is 19.8 Å². The second-order valence-electron chi connectivity index (χ2n) is 4.36. The van der Waals surface area contributed by atoms with Gasteiger partial charge >= 0.3 is 0 Å². The minimum Gasteiger partial charge on any atom is -0.324 e. The monoisotopic (exact) mass is 253 g/mol. The summed E-state index contributed by atoms with van der Waals surface area (Å²) in [4.78, 5) is 16.1. The number of carbonyl (C=O) groups excluding carboxylic acids is 1. The highest BCUT2D eigenvalue weighted by Gasteiger charge is 2.17. The van der Waals surface area contributed by atoms with Gasteiger partial charge in [0, 0.05) is 28.9 Å². The zero-order valence-corrected chi connectivity index (χ0v) is 10.8. The van der Waals surface area contributed by atoms with Crippen LogP contribution in [0.3, 0.4) is 0 Å². The van der Waals surface area contributed by atoms with Gasteiger partial charge in [0.05, 0.1) is 6.07 Å². The van der Waals surface area contributed by atoms with E-state index in [1.165, 1.54) is 0 Å². The molecule has 0 fully saturated rings. The second kappa shape index (κ2) is 5.96. The minimum atomic E-state index is -0.595. The van der Waals surface area contributed by atoms with Crippen LogP contribution >= 0.6 is 0 Å². The van der Waals surface area contributed by atoms with E-state index in [1.807, 2.05) is 37.3 Å². The summed E-state index contributed by atoms with van der Waals surface area (Å²) in [5.74, 6) is -0.837. The molecule has 96 valence electrons. The lowest BCUT2D eigenvalue weighted by Gasteiger charge is -2.11. The number of hydrogen-bond acceptors (Lipinski definition) is 3. The third kappa shape index (κ3) is 2.89. The Balaban J connectivity index is 2.27. The van der Waals surface area contributed by atoms with Crippen molar-refractivity contribution in [2.24, 2.45) is 5.92 Å². The van der Waals surface area contributed by atoms with Crippen LogP contribution in [0, 0.1) is 17.2 Å². The van der Waals surface area contributed by atoms with Gasteiger partial charge in [-0.1, -0.05) is 25.5 Å². The molecule has 1 N–H and O–H groups in total. The van der Waals surface area contributed by atoms with Gasteiger partial charge < -0.3 is 5.32 Å². The average Bonchev–Trinajstić information content (AvgIpc) is 2.45. The fourth-order valence-electron chi connectivity index (χ4n) is 1.99. The van der Waals surface area contributed by atoms with Gasteiger partial charge in [-0.2, -0.15) is 5.26 Å². The molecule has 1 amide bonds. The molecule has 0 bridgehead atoms. The molecule has 19 heavy (non-hydrogen) atoms. The maximum absolute atomic E-state index is 12.0. The Bertz CT molecular complexity index is 625. The zero-order chi connectivity index (χ0) is 13.7. The fourth-order valence-corrected chi connectivity index (χ4v) is 1.99. The molecule has 1 unspecified atom stereocenters. The lowest BCUT2D eigenvalue weighted by molar-refractivity contribution is -0.118. The van der Waals surface area contributed by atoms with E-state index in [2.05, 4.69) is 10.3 Å². The molecule has 4 heteroatoms. The van der Waals surface area contributed by atoms with E-state index < -0.39 is 5.92 Å². The lowest BCUT2D eigenvalue weighted by Crippen LogP contribution is -2.21. The molecule has 0 saturated carbocycles. The van der Waals surface area contributed by atoms with Crippen molar-refractivity contribution in [3.63, 3.8) is 0 Å². The number of pyridine rings is 1. The van der Waals surface area contributed by atoms with Crippen molar-refractivity contribution in [2.75, 3.05) is 5.32 Å². The average molecular weight is 253 g/mol. The van der Waals surface area contributed by atoms with Crippen LogP contribution in [0.4, 0.5) is 5.69 Å². The summed E-state index contributed by atoms with van der Waals surface area (Å²) in [5.41, 5.74) is 0.723. The number of nitrogens with one attached hydrogen (secondary N) is 1. The number of benzene rings is 1. The first kappa shape index (κ1) is 13.0. The van der Waals surface area contributed by atoms with E-state index in [4.69, 9.17) is 5.26 Å². The number of anilines is 1. The SMILES string of the molecule is CCCC(C#N)C(=O)Nc1cccc2cnccc12. The normalized spacial score (nSPS) is 11.8. The molecule has 1 aromatic carbocycles. The van der Waals surface area contributed by atoms with Crippen LogP contribution in [0.5, 0.6) is 0 Å². The summed E-state index contributed by atoms with van der Waals surface area (Å²) in [5, 5.41) is 13.7. The molecule has 0 aliphatic carbocycles. The van der Waals surface area contributed by atoms with E-state index in [-0.39, 0.29) is 5.91 Å². The molecule has 0 saturated heterocycles. The van der Waals surface area contributed by atoms with Crippen molar-refractivity contribution >= 4 is 22.4 Å². The molecular weight excluding hydrogens is 238 g/mol. The van der Waals surface area contributed by atoms with Gasteiger partial charge in [0.1, 0.15) is 5.92 Å². The summed E-state index contributed by atoms with van der Waals surface area (Å²) in [6.07, 6.45) is 4.82. The van der Waals surface area contributed by atoms with E-state index in [0.717, 1.165) is 22.9 Å². The van der Waals surface area contributed by atoms with Gasteiger partial charge in [-0.15, -0.1) is 0 Å². The molecule has 0 radical (unpaired) electrons. The predicted octanol–water partition coefficient (Wildman–Crippen LogP) is 3.11. The molecule has 1 aromatic heterocycles. The van der Waals surface area contributed by atoms with Crippen LogP contribution in [0.2, 0.25) is 0 Å². The van der Waals surface area contributed by atoms with Crippen molar-refractivity contribution in [2.45, 2.75) is 19.8 Å². The quantitative estimate of drug-likeness (QED) is 0.910. The van der Waals surface area contributed by atoms with Crippen LogP contribution in [0.25, 0.3) is 10.8 Å². The number of carbonyl (C=O) groups is 1. The predicted molar refractivity (Wildman–Crippen MR) is 74.4 cm³/mol. The van der Waals surface area contributed by atoms with E-state index in [9.17, 15) is 4.79 Å². The molecule has 0 aliphatic rings. The third-order valence-electron chi connectivity index (χ3n) is 2.99. The Morgan fingerprint density at radius 1 is 1.47 bits per heavy atom. The summed E-state index contributed by atoms with van der Waals surface area (Å²) >= 11 is 0. The number of fused-ring (bicyclic) bond motifs is 1. The summed E-state index contributed by atoms with van der Waals surface area (Å²) in [7, 11) is 0. The fraction of sp³-hybridized carbons (Fsp3) is 0.267. The Kier molecular flexibility index (Phi) is 4.09. The maximum Gasteiger partial charge on any atom is 0.241 e. The first-order valence-corrected chi connectivity index (χ1v) is 6.29. The molecule has 1 atom stereocenters. The van der Waals surface area contributed by atoms with Gasteiger partial charge in [-0.05, 0) is 18.6 Å². The molecule has 0 spiro atoms. The Labute approximate surface area is 112 Å². The largest absolute Gasteiger partial charge is 0.324 e. The van der Waals surface area contributed by atoms with Gasteiger partial charge in [-0.25, -0.2) is 0 Å². The highest BCUT2D eigenvalue weighted by atomic mass is 16.1. The standard InChI is InChI=1S/C15H15N3O/c1-2-4-11(9-16)15(19)18-14-6-3-5-12-10-17-8-7-13(12)14/h3,5-8,10-11H,2,4H2,1H3,(H,18,19). The Morgan fingerprint density at radius 2 is 2.32 bits per heavy atom. The molecule has 0 aliphatic heterocycles. The highest BCUT2D eigenvalue weighted by Crippen LogP contribution is 2.23. The van der Waals surface area contributed by atoms with Gasteiger partial charge in [-0.3, -0.25) is 9.78 Å². The van der Waals surface area contributed by atoms with Crippen molar-refractivity contribution < 1.29 is 4.79 Å². The Morgan fingerprint density at radius 3 is 3.05 bits per heavy atom. The van der Waals surface area contributed by atoms with Crippen LogP contribution in [0.15, 0.2) is 36.7 Å².